The van der Waals surface area contributed by atoms with Gasteiger partial charge >= 0.3 is 0 Å². The molecule has 1 aromatic carbocycles. The number of likely N-dealkylation sites (N-methyl/N-ethyl adjacent to an activating group) is 1. The predicted octanol–water partition coefficient (Wildman–Crippen LogP) is 4.13. The van der Waals surface area contributed by atoms with E-state index in [0.717, 1.165) is 12.1 Å². The van der Waals surface area contributed by atoms with Gasteiger partial charge in [-0.1, -0.05) is 0 Å². The molecule has 0 saturated heterocycles. The zero-order valence-corrected chi connectivity index (χ0v) is 20.2. The van der Waals surface area contributed by atoms with Crippen LogP contribution in [0.3, 0.4) is 0 Å². The van der Waals surface area contributed by atoms with Crippen LogP contribution in [-0.4, -0.2) is 72.2 Å². The average molecular weight is 495 g/mol. The first-order valence-electron chi connectivity index (χ1n) is 11.7. The fourth-order valence-electron chi connectivity index (χ4n) is 4.17. The number of H-pyrrole nitrogens is 2. The Bertz CT molecular complexity index is 1710. The van der Waals surface area contributed by atoms with E-state index < -0.39 is 0 Å². The van der Waals surface area contributed by atoms with Crippen molar-refractivity contribution in [2.45, 2.75) is 0 Å². The van der Waals surface area contributed by atoms with E-state index in [1.165, 1.54) is 12.1 Å². The number of halogens is 1. The van der Waals surface area contributed by atoms with Crippen LogP contribution in [0, 0.1) is 5.82 Å². The zero-order chi connectivity index (χ0) is 25.4. The normalized spacial score (nSPS) is 11.6. The molecular formula is C26H23FN10. The van der Waals surface area contributed by atoms with Crippen LogP contribution in [0.1, 0.15) is 0 Å². The summed E-state index contributed by atoms with van der Waals surface area (Å²) in [4.78, 5) is 27.8. The van der Waals surface area contributed by atoms with Crippen molar-refractivity contribution >= 4 is 27.8 Å². The van der Waals surface area contributed by atoms with E-state index >= 15 is 0 Å². The van der Waals surface area contributed by atoms with Gasteiger partial charge in [-0.05, 0) is 50.0 Å². The Morgan fingerprint density at radius 3 is 2.68 bits per heavy atom. The second-order valence-corrected chi connectivity index (χ2v) is 8.88. The fraction of sp³-hybridized carbons (Fsp3) is 0.154. The Morgan fingerprint density at radius 2 is 1.84 bits per heavy atom. The molecule has 0 spiro atoms. The summed E-state index contributed by atoms with van der Waals surface area (Å²) in [6.07, 6.45) is 8.29. The fourth-order valence-corrected chi connectivity index (χ4v) is 4.17. The van der Waals surface area contributed by atoms with Gasteiger partial charge < -0.3 is 15.2 Å². The number of imidazole rings is 1. The lowest BCUT2D eigenvalue weighted by atomic mass is 10.1. The highest BCUT2D eigenvalue weighted by molar-refractivity contribution is 5.96. The third-order valence-electron chi connectivity index (χ3n) is 5.95. The summed E-state index contributed by atoms with van der Waals surface area (Å²) in [6.45, 7) is 1.52. The van der Waals surface area contributed by atoms with Gasteiger partial charge in [-0.3, -0.25) is 20.1 Å². The Morgan fingerprint density at radius 1 is 0.919 bits per heavy atom. The molecule has 37 heavy (non-hydrogen) atoms. The van der Waals surface area contributed by atoms with Gasteiger partial charge in [-0.25, -0.2) is 14.4 Å². The Balaban J connectivity index is 1.41. The Kier molecular flexibility index (Phi) is 5.73. The lowest BCUT2D eigenvalue weighted by Crippen LogP contribution is -2.20. The van der Waals surface area contributed by atoms with Gasteiger partial charge in [0.1, 0.15) is 17.0 Å². The number of nitrogens with zero attached hydrogens (tertiary/aromatic N) is 7. The molecule has 0 aliphatic heterocycles. The SMILES string of the molecule is CN(C)CCNc1cc(F)cc(-c2cncc3[nH]c(-c4n[nH]c5ccc(-c6cnccn6)nc45)nc23)c1. The smallest absolute Gasteiger partial charge is 0.161 e. The minimum absolute atomic E-state index is 0.336. The second kappa shape index (κ2) is 9.36. The molecule has 0 unspecified atom stereocenters. The van der Waals surface area contributed by atoms with Crippen LogP contribution < -0.4 is 5.32 Å². The summed E-state index contributed by atoms with van der Waals surface area (Å²) in [5.74, 6) is 0.191. The summed E-state index contributed by atoms with van der Waals surface area (Å²) in [6, 6.07) is 8.64. The van der Waals surface area contributed by atoms with Crippen molar-refractivity contribution in [3.63, 3.8) is 0 Å². The molecule has 5 aromatic heterocycles. The molecule has 0 radical (unpaired) electrons. The van der Waals surface area contributed by atoms with E-state index in [1.54, 1.807) is 31.0 Å². The van der Waals surface area contributed by atoms with Crippen molar-refractivity contribution in [2.75, 3.05) is 32.5 Å². The van der Waals surface area contributed by atoms with Gasteiger partial charge in [0.15, 0.2) is 11.5 Å². The number of pyridine rings is 2. The third-order valence-corrected chi connectivity index (χ3v) is 5.95. The summed E-state index contributed by atoms with van der Waals surface area (Å²) < 4.78 is 14.5. The quantitative estimate of drug-likeness (QED) is 0.303. The summed E-state index contributed by atoms with van der Waals surface area (Å²) >= 11 is 0. The standard InChI is InChI=1S/C26H23FN10/c1-37(2)8-7-30-17-10-15(9-16(27)11-17)18-12-29-14-22-23(18)34-26(33-22)25-24-20(35-36-25)4-3-19(32-24)21-13-28-5-6-31-21/h3-6,9-14,30H,7-8H2,1-2H3,(H,33,34)(H,35,36). The van der Waals surface area contributed by atoms with Crippen LogP contribution in [0.2, 0.25) is 0 Å². The van der Waals surface area contributed by atoms with E-state index in [4.69, 9.17) is 9.97 Å². The number of anilines is 1. The van der Waals surface area contributed by atoms with Crippen LogP contribution >= 0.6 is 0 Å². The molecular weight excluding hydrogens is 471 g/mol. The maximum absolute atomic E-state index is 14.5. The van der Waals surface area contributed by atoms with E-state index in [9.17, 15) is 4.39 Å². The average Bonchev–Trinajstić information content (AvgIpc) is 3.52. The third kappa shape index (κ3) is 4.47. The summed E-state index contributed by atoms with van der Waals surface area (Å²) in [5, 5.41) is 10.8. The number of nitrogens with one attached hydrogen (secondary N) is 3. The van der Waals surface area contributed by atoms with E-state index in [0.29, 0.717) is 62.8 Å². The molecule has 0 amide bonds. The number of aromatic nitrogens is 8. The van der Waals surface area contributed by atoms with Gasteiger partial charge in [0.25, 0.3) is 0 Å². The molecule has 184 valence electrons. The summed E-state index contributed by atoms with van der Waals surface area (Å²) in [5.41, 5.74) is 6.77. The minimum atomic E-state index is -0.336. The van der Waals surface area contributed by atoms with Crippen LogP contribution in [0.15, 0.2) is 61.3 Å². The first kappa shape index (κ1) is 22.7. The largest absolute Gasteiger partial charge is 0.384 e. The molecule has 5 heterocycles. The predicted molar refractivity (Wildman–Crippen MR) is 140 cm³/mol. The molecule has 11 heteroatoms. The molecule has 0 aliphatic carbocycles. The van der Waals surface area contributed by atoms with E-state index in [1.807, 2.05) is 32.3 Å². The van der Waals surface area contributed by atoms with Crippen LogP contribution in [-0.2, 0) is 0 Å². The lowest BCUT2D eigenvalue weighted by Gasteiger charge is -2.12. The number of rotatable bonds is 7. The van der Waals surface area contributed by atoms with Crippen LogP contribution in [0.25, 0.3) is 56.1 Å². The second-order valence-electron chi connectivity index (χ2n) is 8.88. The highest BCUT2D eigenvalue weighted by Gasteiger charge is 2.18. The van der Waals surface area contributed by atoms with Crippen molar-refractivity contribution in [3.05, 3.63) is 67.1 Å². The van der Waals surface area contributed by atoms with Crippen molar-refractivity contribution < 1.29 is 4.39 Å². The minimum Gasteiger partial charge on any atom is -0.384 e. The van der Waals surface area contributed by atoms with Crippen LogP contribution in [0.4, 0.5) is 10.1 Å². The van der Waals surface area contributed by atoms with Crippen LogP contribution in [0.5, 0.6) is 0 Å². The van der Waals surface area contributed by atoms with Gasteiger partial charge in [0.2, 0.25) is 0 Å². The van der Waals surface area contributed by atoms with Gasteiger partial charge in [0.05, 0.1) is 34.6 Å². The molecule has 0 saturated carbocycles. The van der Waals surface area contributed by atoms with E-state index in [2.05, 4.69) is 40.3 Å². The molecule has 10 nitrogen and oxygen atoms in total. The Labute approximate surface area is 211 Å². The lowest BCUT2D eigenvalue weighted by molar-refractivity contribution is 0.425. The van der Waals surface area contributed by atoms with E-state index in [-0.39, 0.29) is 5.82 Å². The van der Waals surface area contributed by atoms with Gasteiger partial charge in [0, 0.05) is 42.9 Å². The molecule has 0 fully saturated rings. The maximum Gasteiger partial charge on any atom is 0.161 e. The molecule has 6 rings (SSSR count). The number of benzene rings is 1. The molecule has 0 atom stereocenters. The molecule has 0 aliphatic rings. The monoisotopic (exact) mass is 494 g/mol. The highest BCUT2D eigenvalue weighted by atomic mass is 19.1. The topological polar surface area (TPSA) is 124 Å². The number of hydrogen-bond donors (Lipinski definition) is 3. The zero-order valence-electron chi connectivity index (χ0n) is 20.2. The molecule has 0 bridgehead atoms. The van der Waals surface area contributed by atoms with Crippen molar-refractivity contribution in [1.82, 2.24) is 45.0 Å². The van der Waals surface area contributed by atoms with Gasteiger partial charge in [-0.2, -0.15) is 5.10 Å². The van der Waals surface area contributed by atoms with Crippen molar-refractivity contribution in [3.8, 4) is 34.0 Å². The first-order chi connectivity index (χ1) is 18.0. The maximum atomic E-state index is 14.5. The number of fused-ring (bicyclic) bond motifs is 2. The van der Waals surface area contributed by atoms with Gasteiger partial charge in [-0.15, -0.1) is 0 Å². The Hall–Kier alpha value is -4.77. The summed E-state index contributed by atoms with van der Waals surface area (Å²) in [7, 11) is 3.99. The highest BCUT2D eigenvalue weighted by Crippen LogP contribution is 2.32. The molecule has 6 aromatic rings. The molecule has 3 N–H and O–H groups in total. The number of aromatic amines is 2. The number of hydrogen-bond acceptors (Lipinski definition) is 8. The van der Waals surface area contributed by atoms with Crippen molar-refractivity contribution in [2.24, 2.45) is 0 Å². The van der Waals surface area contributed by atoms with Crippen molar-refractivity contribution in [1.29, 1.82) is 0 Å². The first-order valence-corrected chi connectivity index (χ1v) is 11.7.